The molecule has 8 rings (SSSR count). The zero-order chi connectivity index (χ0) is 42.1. The van der Waals surface area contributed by atoms with Gasteiger partial charge in [-0.3, -0.25) is 19.8 Å². The van der Waals surface area contributed by atoms with Gasteiger partial charge in [-0.15, -0.1) is 0 Å². The number of nitrogens with zero attached hydrogens (tertiary/aromatic N) is 6. The summed E-state index contributed by atoms with van der Waals surface area (Å²) in [5.74, 6) is 0.0709. The number of nitrogens with one attached hydrogen (secondary N) is 1. The molecule has 2 aromatic carbocycles. The van der Waals surface area contributed by atoms with Crippen LogP contribution in [-0.2, 0) is 4.79 Å². The van der Waals surface area contributed by atoms with Gasteiger partial charge in [0.25, 0.3) is 5.91 Å². The van der Waals surface area contributed by atoms with Crippen LogP contribution in [0.1, 0.15) is 84.0 Å². The monoisotopic (exact) mass is 818 g/mol. The third-order valence-electron chi connectivity index (χ3n) is 12.8. The number of carbonyl (C=O) groups excluding carboxylic acids is 3. The van der Waals surface area contributed by atoms with Crippen LogP contribution < -0.4 is 27.4 Å². The third kappa shape index (κ3) is 8.49. The molecular formula is C45H55FN10O4. The number of likely N-dealkylation sites (tertiary alicyclic amines) is 3. The Balaban J connectivity index is 0.833. The maximum atomic E-state index is 16.4. The molecule has 0 aliphatic carbocycles. The van der Waals surface area contributed by atoms with Gasteiger partial charge in [0, 0.05) is 112 Å². The second-order valence-electron chi connectivity index (χ2n) is 16.8. The number of phenolic OH excluding ortho intramolecular Hbond substituents is 1. The maximum absolute atomic E-state index is 16.4. The fourth-order valence-corrected chi connectivity index (χ4v) is 9.51. The normalized spacial score (nSPS) is 20.7. The Labute approximate surface area is 349 Å². The smallest absolute Gasteiger partial charge is 0.328 e. The fourth-order valence-electron chi connectivity index (χ4n) is 9.51. The Hall–Kier alpha value is -6.09. The first kappa shape index (κ1) is 40.7. The van der Waals surface area contributed by atoms with Crippen molar-refractivity contribution in [3.8, 4) is 5.75 Å². The van der Waals surface area contributed by atoms with Crippen LogP contribution in [0.15, 0.2) is 84.6 Å². The maximum Gasteiger partial charge on any atom is 0.328 e. The predicted molar refractivity (Wildman–Crippen MR) is 229 cm³/mol. The zero-order valence-corrected chi connectivity index (χ0v) is 34.2. The van der Waals surface area contributed by atoms with Crippen molar-refractivity contribution in [1.82, 2.24) is 29.6 Å². The number of aromatic nitrogens is 2. The molecule has 4 aromatic rings. The van der Waals surface area contributed by atoms with Crippen molar-refractivity contribution >= 4 is 40.3 Å². The number of hydrogen-bond acceptors (Lipinski definition) is 10. The minimum atomic E-state index is -1.36. The highest BCUT2D eigenvalue weighted by Gasteiger charge is 2.39. The van der Waals surface area contributed by atoms with E-state index in [2.05, 4.69) is 25.8 Å². The number of aryl methyl sites for hydroxylation is 1. The van der Waals surface area contributed by atoms with E-state index in [0.29, 0.717) is 73.8 Å². The number of piperidine rings is 3. The Morgan fingerprint density at radius 1 is 0.967 bits per heavy atom. The molecule has 4 aliphatic rings. The molecule has 1 unspecified atom stereocenters. The molecule has 4 fully saturated rings. The van der Waals surface area contributed by atoms with Crippen LogP contribution in [0.5, 0.6) is 5.75 Å². The lowest BCUT2D eigenvalue weighted by atomic mass is 9.86. The number of fused-ring (bicyclic) bond motifs is 1. The molecular weight excluding hydrogens is 764 g/mol. The Morgan fingerprint density at radius 2 is 1.73 bits per heavy atom. The minimum absolute atomic E-state index is 0.0716. The first-order valence-electron chi connectivity index (χ1n) is 21.0. The van der Waals surface area contributed by atoms with E-state index >= 15 is 4.39 Å². The number of benzene rings is 2. The summed E-state index contributed by atoms with van der Waals surface area (Å²) >= 11 is 0. The van der Waals surface area contributed by atoms with Crippen molar-refractivity contribution in [3.63, 3.8) is 0 Å². The number of urea groups is 1. The molecule has 8 N–H and O–H groups in total. The average Bonchev–Trinajstić information content (AvgIpc) is 3.66. The summed E-state index contributed by atoms with van der Waals surface area (Å²) < 4.78 is 18.5. The van der Waals surface area contributed by atoms with Gasteiger partial charge in [-0.25, -0.2) is 14.2 Å². The number of halogens is 1. The lowest BCUT2D eigenvalue weighted by Gasteiger charge is -2.41. The first-order chi connectivity index (χ1) is 28.9. The van der Waals surface area contributed by atoms with Crippen molar-refractivity contribution in [3.05, 3.63) is 107 Å². The number of carbonyl (C=O) groups is 3. The second kappa shape index (κ2) is 16.9. The van der Waals surface area contributed by atoms with E-state index in [1.807, 2.05) is 37.4 Å². The van der Waals surface area contributed by atoms with Gasteiger partial charge < -0.3 is 41.6 Å². The van der Waals surface area contributed by atoms with Crippen molar-refractivity contribution in [1.29, 1.82) is 0 Å². The van der Waals surface area contributed by atoms with E-state index in [1.54, 1.807) is 41.4 Å². The Morgan fingerprint density at radius 3 is 2.45 bits per heavy atom. The van der Waals surface area contributed by atoms with E-state index in [1.165, 1.54) is 4.90 Å². The number of anilines is 1. The topological polar surface area (TPSA) is 192 Å². The molecule has 14 nitrogen and oxygen atoms in total. The molecule has 1 atom stereocenters. The molecule has 4 amide bonds. The molecule has 0 bridgehead atoms. The molecule has 0 radical (unpaired) electrons. The molecule has 15 heteroatoms. The lowest BCUT2D eigenvalue weighted by Crippen LogP contribution is -2.51. The predicted octanol–water partition coefficient (Wildman–Crippen LogP) is 5.04. The summed E-state index contributed by atoms with van der Waals surface area (Å²) in [7, 11) is 0. The molecule has 316 valence electrons. The Bertz CT molecular complexity index is 2340. The minimum Gasteiger partial charge on any atom is -0.507 e. The largest absolute Gasteiger partial charge is 0.507 e. The van der Waals surface area contributed by atoms with Gasteiger partial charge in [-0.2, -0.15) is 0 Å². The van der Waals surface area contributed by atoms with Crippen LogP contribution in [0.2, 0.25) is 0 Å². The summed E-state index contributed by atoms with van der Waals surface area (Å²) in [6.07, 6.45) is 9.91. The number of rotatable bonds is 9. The van der Waals surface area contributed by atoms with Crippen molar-refractivity contribution < 1.29 is 23.9 Å². The number of pyridine rings is 1. The van der Waals surface area contributed by atoms with E-state index in [0.717, 1.165) is 67.5 Å². The number of aromatic hydroxyl groups is 1. The second-order valence-corrected chi connectivity index (χ2v) is 16.8. The number of hydrogen-bond donors (Lipinski definition) is 5. The molecule has 4 aliphatic heterocycles. The standard InChI is InChI=1S/C45H55FN10O4/c1-29-23-31(8-9-35(29)32-5-4-16-54(27-32)38(41(48)49)25-37(47)36-6-2-3-7-39(36)57)43(59)53-21-14-45(46,15-22-53)28-52-17-11-33(12-18-52)55-19-10-30-24-34(26-50-42(30)55)56-20-13-40(58)51-44(56)60/h2-3,6-10,19,23-26,32-33,57H,4-5,11-18,20-22,27-28,47-49H2,1H3,(H,51,58,60)/b37-25-. The van der Waals surface area contributed by atoms with Crippen LogP contribution in [0.4, 0.5) is 14.9 Å². The van der Waals surface area contributed by atoms with Gasteiger partial charge in [0.1, 0.15) is 22.9 Å². The number of nitrogens with two attached hydrogens (primary N) is 3. The van der Waals surface area contributed by atoms with Crippen LogP contribution in [0.3, 0.4) is 0 Å². The van der Waals surface area contributed by atoms with Gasteiger partial charge in [-0.1, -0.05) is 18.2 Å². The van der Waals surface area contributed by atoms with E-state index < -0.39 is 11.7 Å². The van der Waals surface area contributed by atoms with Gasteiger partial charge in [0.2, 0.25) is 5.91 Å². The number of alkyl halides is 1. The van der Waals surface area contributed by atoms with Crippen molar-refractivity contribution in [2.45, 2.75) is 69.5 Å². The van der Waals surface area contributed by atoms with Crippen molar-refractivity contribution in [2.24, 2.45) is 17.2 Å². The van der Waals surface area contributed by atoms with Crippen LogP contribution >= 0.6 is 0 Å². The summed E-state index contributed by atoms with van der Waals surface area (Å²) in [4.78, 5) is 50.1. The molecule has 2 aromatic heterocycles. The van der Waals surface area contributed by atoms with E-state index in [-0.39, 0.29) is 41.8 Å². The average molecular weight is 819 g/mol. The molecule has 0 saturated carbocycles. The summed E-state index contributed by atoms with van der Waals surface area (Å²) in [5.41, 5.74) is 23.1. The van der Waals surface area contributed by atoms with Gasteiger partial charge in [-0.05, 0) is 86.2 Å². The van der Waals surface area contributed by atoms with Gasteiger partial charge in [0.05, 0.1) is 17.6 Å². The highest BCUT2D eigenvalue weighted by Crippen LogP contribution is 2.35. The molecule has 4 saturated heterocycles. The van der Waals surface area contributed by atoms with Crippen molar-refractivity contribution in [2.75, 3.05) is 57.3 Å². The summed E-state index contributed by atoms with van der Waals surface area (Å²) in [6.45, 7) is 6.41. The number of imide groups is 1. The third-order valence-corrected chi connectivity index (χ3v) is 12.8. The summed E-state index contributed by atoms with van der Waals surface area (Å²) in [5, 5.41) is 13.6. The van der Waals surface area contributed by atoms with Crippen LogP contribution in [-0.4, -0.2) is 105 Å². The SMILES string of the molecule is Cc1cc(C(=O)N2CCC(F)(CN3CCC(n4ccc5cc(N6CCC(=O)NC6=O)cnc54)CC3)CC2)ccc1C1CCCN(C(/C=C(\N)c2ccccc2O)=C(N)N)C1. The highest BCUT2D eigenvalue weighted by atomic mass is 19.1. The number of amides is 4. The van der Waals surface area contributed by atoms with E-state index in [9.17, 15) is 19.5 Å². The molecule has 6 heterocycles. The van der Waals surface area contributed by atoms with Crippen LogP contribution in [0, 0.1) is 6.92 Å². The number of para-hydroxylation sites is 1. The van der Waals surface area contributed by atoms with E-state index in [4.69, 9.17) is 22.2 Å². The Kier molecular flexibility index (Phi) is 11.4. The molecule has 0 spiro atoms. The first-order valence-corrected chi connectivity index (χ1v) is 21.0. The zero-order valence-electron chi connectivity index (χ0n) is 34.2. The molecule has 60 heavy (non-hydrogen) atoms. The van der Waals surface area contributed by atoms with Gasteiger partial charge in [0.15, 0.2) is 0 Å². The fraction of sp³-hybridized carbons (Fsp3) is 0.422. The van der Waals surface area contributed by atoms with Crippen LogP contribution in [0.25, 0.3) is 16.7 Å². The number of phenols is 1. The van der Waals surface area contributed by atoms with Gasteiger partial charge >= 0.3 is 6.03 Å². The number of allylic oxidation sites excluding steroid dienone is 1. The summed E-state index contributed by atoms with van der Waals surface area (Å²) in [6, 6.07) is 16.5. The lowest BCUT2D eigenvalue weighted by molar-refractivity contribution is -0.120. The quantitative estimate of drug-likeness (QED) is 0.143. The highest BCUT2D eigenvalue weighted by molar-refractivity contribution is 6.06.